The number of hydrogen-bond acceptors (Lipinski definition) is 3. The highest BCUT2D eigenvalue weighted by Crippen LogP contribution is 2.36. The van der Waals surface area contributed by atoms with Crippen molar-refractivity contribution < 1.29 is 4.74 Å². The van der Waals surface area contributed by atoms with Crippen molar-refractivity contribution in [1.82, 2.24) is 10.3 Å². The molecule has 1 fully saturated rings. The van der Waals surface area contributed by atoms with Gasteiger partial charge in [-0.15, -0.1) is 0 Å². The van der Waals surface area contributed by atoms with Crippen LogP contribution in [-0.4, -0.2) is 25.2 Å². The minimum absolute atomic E-state index is 0.177. The van der Waals surface area contributed by atoms with Crippen LogP contribution in [0.4, 0.5) is 0 Å². The largest absolute Gasteiger partial charge is 0.373 e. The molecular weight excluding hydrogens is 224 g/mol. The molecule has 1 N–H and O–H groups in total. The molecule has 1 saturated heterocycles. The summed E-state index contributed by atoms with van der Waals surface area (Å²) in [5, 5.41) is 5.71. The third-order valence-corrected chi connectivity index (χ3v) is 3.69. The van der Waals surface area contributed by atoms with Gasteiger partial charge >= 0.3 is 0 Å². The van der Waals surface area contributed by atoms with Crippen LogP contribution >= 0.6 is 0 Å². The Bertz CT molecular complexity index is 536. The molecule has 3 heteroatoms. The molecule has 18 heavy (non-hydrogen) atoms. The second-order valence-corrected chi connectivity index (χ2v) is 4.85. The summed E-state index contributed by atoms with van der Waals surface area (Å²) in [5.74, 6) is 0.544. The van der Waals surface area contributed by atoms with Gasteiger partial charge in [-0.1, -0.05) is 24.3 Å². The van der Waals surface area contributed by atoms with Crippen LogP contribution < -0.4 is 5.32 Å². The summed E-state index contributed by atoms with van der Waals surface area (Å²) in [7, 11) is 2.00. The van der Waals surface area contributed by atoms with E-state index in [2.05, 4.69) is 28.5 Å². The summed E-state index contributed by atoms with van der Waals surface area (Å²) in [6.07, 6.45) is 5.17. The summed E-state index contributed by atoms with van der Waals surface area (Å²) in [5.41, 5.74) is 1.23. The van der Waals surface area contributed by atoms with E-state index < -0.39 is 0 Å². The van der Waals surface area contributed by atoms with Gasteiger partial charge < -0.3 is 10.1 Å². The zero-order chi connectivity index (χ0) is 12.4. The predicted octanol–water partition coefficient (Wildman–Crippen LogP) is 2.53. The lowest BCUT2D eigenvalue weighted by atomic mass is 9.93. The molecule has 0 aliphatic carbocycles. The summed E-state index contributed by atoms with van der Waals surface area (Å²) in [4.78, 5) is 4.35. The lowest BCUT2D eigenvalue weighted by Gasteiger charge is -2.19. The van der Waals surface area contributed by atoms with Gasteiger partial charge in [-0.2, -0.15) is 0 Å². The van der Waals surface area contributed by atoms with Crippen molar-refractivity contribution in [2.24, 2.45) is 5.92 Å². The molecule has 2 unspecified atom stereocenters. The fraction of sp³-hybridized carbons (Fsp3) is 0.400. The van der Waals surface area contributed by atoms with E-state index in [-0.39, 0.29) is 6.10 Å². The molecule has 0 bridgehead atoms. The average Bonchev–Trinajstić information content (AvgIpc) is 2.87. The molecule has 2 atom stereocenters. The summed E-state index contributed by atoms with van der Waals surface area (Å²) >= 11 is 0. The molecule has 1 aliphatic rings. The van der Waals surface area contributed by atoms with Crippen molar-refractivity contribution in [1.29, 1.82) is 0 Å². The number of nitrogens with one attached hydrogen (secondary N) is 1. The van der Waals surface area contributed by atoms with Crippen LogP contribution in [0, 0.1) is 5.92 Å². The van der Waals surface area contributed by atoms with Crippen LogP contribution in [0.5, 0.6) is 0 Å². The number of benzene rings is 1. The van der Waals surface area contributed by atoms with Crippen LogP contribution in [0.1, 0.15) is 18.1 Å². The van der Waals surface area contributed by atoms with Crippen LogP contribution in [0.3, 0.4) is 0 Å². The zero-order valence-corrected chi connectivity index (χ0v) is 10.6. The second-order valence-electron chi connectivity index (χ2n) is 4.85. The van der Waals surface area contributed by atoms with Gasteiger partial charge in [-0.25, -0.2) is 0 Å². The smallest absolute Gasteiger partial charge is 0.0886 e. The molecule has 3 rings (SSSR count). The lowest BCUT2D eigenvalue weighted by Crippen LogP contribution is -2.21. The maximum Gasteiger partial charge on any atom is 0.0886 e. The molecule has 1 aromatic heterocycles. The number of fused-ring (bicyclic) bond motifs is 1. The third kappa shape index (κ3) is 2.00. The lowest BCUT2D eigenvalue weighted by molar-refractivity contribution is 0.0919. The minimum atomic E-state index is 0.177. The number of rotatable bonds is 3. The quantitative estimate of drug-likeness (QED) is 0.898. The molecule has 94 valence electrons. The maximum atomic E-state index is 5.93. The Morgan fingerprint density at radius 3 is 3.11 bits per heavy atom. The Hall–Kier alpha value is -1.45. The van der Waals surface area contributed by atoms with Crippen molar-refractivity contribution >= 4 is 10.8 Å². The number of pyridine rings is 1. The molecule has 2 aromatic rings. The number of aromatic nitrogens is 1. The molecule has 0 spiro atoms. The first kappa shape index (κ1) is 11.6. The number of nitrogens with zero attached hydrogens (tertiary/aromatic N) is 1. The highest BCUT2D eigenvalue weighted by Gasteiger charge is 2.30. The first-order chi connectivity index (χ1) is 8.90. The van der Waals surface area contributed by atoms with E-state index in [1.54, 1.807) is 0 Å². The standard InChI is InChI=1S/C15H18N2O/c1-16-8-12-6-7-18-15(12)14-10-17-9-11-4-2-3-5-13(11)14/h2-5,9-10,12,15-16H,6-8H2,1H3. The molecule has 3 nitrogen and oxygen atoms in total. The van der Waals surface area contributed by atoms with Gasteiger partial charge in [-0.3, -0.25) is 4.98 Å². The monoisotopic (exact) mass is 242 g/mol. The SMILES string of the molecule is CNCC1CCOC1c1cncc2ccccc12. The normalized spacial score (nSPS) is 23.6. The Balaban J connectivity index is 2.03. The Labute approximate surface area is 107 Å². The summed E-state index contributed by atoms with van der Waals surface area (Å²) in [6, 6.07) is 8.39. The van der Waals surface area contributed by atoms with Crippen LogP contribution in [-0.2, 0) is 4.74 Å². The van der Waals surface area contributed by atoms with E-state index in [1.165, 1.54) is 16.3 Å². The number of hydrogen-bond donors (Lipinski definition) is 1. The van der Waals surface area contributed by atoms with E-state index in [0.717, 1.165) is 19.6 Å². The molecule has 0 amide bonds. The van der Waals surface area contributed by atoms with Crippen molar-refractivity contribution in [3.63, 3.8) is 0 Å². The van der Waals surface area contributed by atoms with Gasteiger partial charge in [0.2, 0.25) is 0 Å². The summed E-state index contributed by atoms with van der Waals surface area (Å²) < 4.78 is 5.93. The molecule has 0 radical (unpaired) electrons. The van der Waals surface area contributed by atoms with Crippen molar-refractivity contribution in [2.75, 3.05) is 20.2 Å². The van der Waals surface area contributed by atoms with Crippen molar-refractivity contribution in [2.45, 2.75) is 12.5 Å². The maximum absolute atomic E-state index is 5.93. The van der Waals surface area contributed by atoms with E-state index in [4.69, 9.17) is 4.74 Å². The van der Waals surface area contributed by atoms with Gasteiger partial charge in [0.15, 0.2) is 0 Å². The summed E-state index contributed by atoms with van der Waals surface area (Å²) in [6.45, 7) is 1.84. The molecule has 1 aliphatic heterocycles. The second kappa shape index (κ2) is 5.04. The van der Waals surface area contributed by atoms with E-state index in [9.17, 15) is 0 Å². The fourth-order valence-electron chi connectivity index (χ4n) is 2.82. The molecule has 1 aromatic carbocycles. The third-order valence-electron chi connectivity index (χ3n) is 3.69. The van der Waals surface area contributed by atoms with Gasteiger partial charge in [-0.05, 0) is 18.9 Å². The van der Waals surface area contributed by atoms with Crippen molar-refractivity contribution in [3.8, 4) is 0 Å². The van der Waals surface area contributed by atoms with Gasteiger partial charge in [0.25, 0.3) is 0 Å². The predicted molar refractivity (Wildman–Crippen MR) is 72.5 cm³/mol. The average molecular weight is 242 g/mol. The molecule has 2 heterocycles. The zero-order valence-electron chi connectivity index (χ0n) is 10.6. The number of ether oxygens (including phenoxy) is 1. The highest BCUT2D eigenvalue weighted by atomic mass is 16.5. The topological polar surface area (TPSA) is 34.1 Å². The molecular formula is C15H18N2O. The fourth-order valence-corrected chi connectivity index (χ4v) is 2.82. The van der Waals surface area contributed by atoms with Crippen molar-refractivity contribution in [3.05, 3.63) is 42.2 Å². The van der Waals surface area contributed by atoms with Gasteiger partial charge in [0.1, 0.15) is 0 Å². The minimum Gasteiger partial charge on any atom is -0.373 e. The van der Waals surface area contributed by atoms with E-state index in [0.29, 0.717) is 5.92 Å². The van der Waals surface area contributed by atoms with Crippen LogP contribution in [0.25, 0.3) is 10.8 Å². The Morgan fingerprint density at radius 2 is 2.22 bits per heavy atom. The Morgan fingerprint density at radius 1 is 1.33 bits per heavy atom. The first-order valence-electron chi connectivity index (χ1n) is 6.49. The van der Waals surface area contributed by atoms with Crippen LogP contribution in [0.15, 0.2) is 36.7 Å². The first-order valence-corrected chi connectivity index (χ1v) is 6.49. The van der Waals surface area contributed by atoms with Gasteiger partial charge in [0, 0.05) is 42.4 Å². The van der Waals surface area contributed by atoms with E-state index in [1.807, 2.05) is 25.5 Å². The van der Waals surface area contributed by atoms with Crippen LogP contribution in [0.2, 0.25) is 0 Å². The molecule has 0 saturated carbocycles. The van der Waals surface area contributed by atoms with Gasteiger partial charge in [0.05, 0.1) is 6.10 Å². The highest BCUT2D eigenvalue weighted by molar-refractivity contribution is 5.85. The van der Waals surface area contributed by atoms with E-state index >= 15 is 0 Å². The Kier molecular flexibility index (Phi) is 3.26.